The van der Waals surface area contributed by atoms with Crippen molar-refractivity contribution in [2.24, 2.45) is 5.92 Å². The van der Waals surface area contributed by atoms with Gasteiger partial charge in [-0.3, -0.25) is 9.59 Å². The number of carboxylic acid groups (broad SMARTS) is 1. The molecule has 1 saturated heterocycles. The number of carbonyl (C=O) groups is 3. The number of hydrogen-bond acceptors (Lipinski definition) is 4. The van der Waals surface area contributed by atoms with Crippen LogP contribution in [0, 0.1) is 19.8 Å². The van der Waals surface area contributed by atoms with Gasteiger partial charge in [-0.1, -0.05) is 0 Å². The molecule has 0 spiro atoms. The highest BCUT2D eigenvalue weighted by atomic mass is 32.1. The van der Waals surface area contributed by atoms with Crippen LogP contribution in [0.25, 0.3) is 0 Å². The number of carbonyl (C=O) groups excluding carboxylic acids is 2. The minimum absolute atomic E-state index is 0.0527. The Morgan fingerprint density at radius 3 is 2.65 bits per heavy atom. The van der Waals surface area contributed by atoms with Crippen molar-refractivity contribution >= 4 is 34.1 Å². The molecule has 7 heteroatoms. The summed E-state index contributed by atoms with van der Waals surface area (Å²) in [6.45, 7) is 3.85. The van der Waals surface area contributed by atoms with Gasteiger partial charge in [0.05, 0.1) is 11.5 Å². The lowest BCUT2D eigenvalue weighted by molar-refractivity contribution is -0.126. The molecular weight excluding hydrogens is 280 g/mol. The topological polar surface area (TPSA) is 95.5 Å². The molecule has 0 aromatic carbocycles. The van der Waals surface area contributed by atoms with Crippen molar-refractivity contribution in [1.29, 1.82) is 0 Å². The molecule has 0 saturated carbocycles. The van der Waals surface area contributed by atoms with Crippen LogP contribution in [0.1, 0.15) is 33.6 Å². The molecule has 20 heavy (non-hydrogen) atoms. The van der Waals surface area contributed by atoms with Gasteiger partial charge in [0.25, 0.3) is 0 Å². The molecule has 1 aliphatic rings. The number of carboxylic acids is 1. The zero-order valence-corrected chi connectivity index (χ0v) is 12.1. The first-order chi connectivity index (χ1) is 9.40. The van der Waals surface area contributed by atoms with Gasteiger partial charge < -0.3 is 15.7 Å². The number of anilines is 1. The zero-order valence-electron chi connectivity index (χ0n) is 11.3. The molecule has 6 nitrogen and oxygen atoms in total. The van der Waals surface area contributed by atoms with Gasteiger partial charge in [-0.2, -0.15) is 0 Å². The number of aromatic carboxylic acids is 1. The Morgan fingerprint density at radius 1 is 1.40 bits per heavy atom. The Bertz CT molecular complexity index is 569. The molecule has 1 aliphatic heterocycles. The zero-order chi connectivity index (χ0) is 14.9. The largest absolute Gasteiger partial charge is 0.478 e. The van der Waals surface area contributed by atoms with Crippen LogP contribution >= 0.6 is 11.3 Å². The van der Waals surface area contributed by atoms with Crippen molar-refractivity contribution in [1.82, 2.24) is 5.32 Å². The summed E-state index contributed by atoms with van der Waals surface area (Å²) in [4.78, 5) is 35.3. The van der Waals surface area contributed by atoms with Gasteiger partial charge >= 0.3 is 5.97 Å². The molecule has 0 aliphatic carbocycles. The third-order valence-electron chi connectivity index (χ3n) is 3.47. The van der Waals surface area contributed by atoms with E-state index in [4.69, 9.17) is 0 Å². The highest BCUT2D eigenvalue weighted by Crippen LogP contribution is 2.32. The van der Waals surface area contributed by atoms with Crippen LogP contribution in [0.2, 0.25) is 0 Å². The highest BCUT2D eigenvalue weighted by Gasteiger charge is 2.27. The Balaban J connectivity index is 2.14. The third kappa shape index (κ3) is 2.82. The van der Waals surface area contributed by atoms with Crippen LogP contribution in [0.4, 0.5) is 5.00 Å². The van der Waals surface area contributed by atoms with E-state index in [1.807, 2.05) is 6.92 Å². The summed E-state index contributed by atoms with van der Waals surface area (Å²) in [6.07, 6.45) is 0.815. The summed E-state index contributed by atoms with van der Waals surface area (Å²) < 4.78 is 0. The molecule has 2 heterocycles. The Labute approximate surface area is 120 Å². The van der Waals surface area contributed by atoms with E-state index in [2.05, 4.69) is 10.6 Å². The number of nitrogens with one attached hydrogen (secondary N) is 2. The van der Waals surface area contributed by atoms with E-state index in [0.29, 0.717) is 30.0 Å². The Morgan fingerprint density at radius 2 is 2.10 bits per heavy atom. The Kier molecular flexibility index (Phi) is 4.08. The summed E-state index contributed by atoms with van der Waals surface area (Å²) in [6, 6.07) is 0. The summed E-state index contributed by atoms with van der Waals surface area (Å²) in [5, 5.41) is 14.9. The SMILES string of the molecule is Cc1sc(NC(=O)C2CCC(=O)NC2)c(C(=O)O)c1C. The third-order valence-corrected chi connectivity index (χ3v) is 4.59. The highest BCUT2D eigenvalue weighted by molar-refractivity contribution is 7.16. The molecular formula is C13H16N2O4S. The molecule has 1 fully saturated rings. The van der Waals surface area contributed by atoms with Crippen molar-refractivity contribution in [3.05, 3.63) is 16.0 Å². The van der Waals surface area contributed by atoms with Crippen LogP contribution in [-0.4, -0.2) is 29.4 Å². The normalized spacial score (nSPS) is 18.5. The first kappa shape index (κ1) is 14.5. The smallest absolute Gasteiger partial charge is 0.338 e. The van der Waals surface area contributed by atoms with Gasteiger partial charge in [-0.15, -0.1) is 11.3 Å². The fraction of sp³-hybridized carbons (Fsp3) is 0.462. The summed E-state index contributed by atoms with van der Waals surface area (Å²) >= 11 is 1.26. The van der Waals surface area contributed by atoms with E-state index in [1.54, 1.807) is 6.92 Å². The molecule has 3 N–H and O–H groups in total. The van der Waals surface area contributed by atoms with Crippen LogP contribution in [-0.2, 0) is 9.59 Å². The quantitative estimate of drug-likeness (QED) is 0.788. The average Bonchev–Trinajstić information content (AvgIpc) is 2.65. The Hall–Kier alpha value is -1.89. The summed E-state index contributed by atoms with van der Waals surface area (Å²) in [5.41, 5.74) is 0.829. The summed E-state index contributed by atoms with van der Waals surface area (Å²) in [7, 11) is 0. The number of aryl methyl sites for hydroxylation is 1. The van der Waals surface area contributed by atoms with Gasteiger partial charge in [0.2, 0.25) is 11.8 Å². The lowest BCUT2D eigenvalue weighted by atomic mass is 9.98. The van der Waals surface area contributed by atoms with Crippen molar-refractivity contribution < 1.29 is 19.5 Å². The lowest BCUT2D eigenvalue weighted by Crippen LogP contribution is -2.40. The van der Waals surface area contributed by atoms with E-state index in [9.17, 15) is 19.5 Å². The molecule has 0 radical (unpaired) electrons. The van der Waals surface area contributed by atoms with E-state index in [0.717, 1.165) is 4.88 Å². The first-order valence-corrected chi connectivity index (χ1v) is 7.12. The number of hydrogen-bond donors (Lipinski definition) is 3. The molecule has 108 valence electrons. The van der Waals surface area contributed by atoms with Crippen molar-refractivity contribution in [2.45, 2.75) is 26.7 Å². The monoisotopic (exact) mass is 296 g/mol. The molecule has 1 aromatic rings. The summed E-state index contributed by atoms with van der Waals surface area (Å²) in [5.74, 6) is -1.65. The first-order valence-electron chi connectivity index (χ1n) is 6.31. The number of rotatable bonds is 3. The predicted octanol–water partition coefficient (Wildman–Crippen LogP) is 1.53. The van der Waals surface area contributed by atoms with Crippen LogP contribution in [0.3, 0.4) is 0 Å². The number of thiophene rings is 1. The molecule has 2 amide bonds. The van der Waals surface area contributed by atoms with Crippen molar-refractivity contribution in [3.63, 3.8) is 0 Å². The second-order valence-corrected chi connectivity index (χ2v) is 6.05. The van der Waals surface area contributed by atoms with Crippen LogP contribution in [0.15, 0.2) is 0 Å². The van der Waals surface area contributed by atoms with Gasteiger partial charge in [0.1, 0.15) is 5.00 Å². The van der Waals surface area contributed by atoms with Gasteiger partial charge in [-0.05, 0) is 25.8 Å². The number of amides is 2. The average molecular weight is 296 g/mol. The van der Waals surface area contributed by atoms with Crippen molar-refractivity contribution in [2.75, 3.05) is 11.9 Å². The van der Waals surface area contributed by atoms with E-state index in [1.165, 1.54) is 11.3 Å². The second kappa shape index (κ2) is 5.62. The molecule has 2 rings (SSSR count). The number of piperidine rings is 1. The molecule has 1 atom stereocenters. The van der Waals surface area contributed by atoms with Gasteiger partial charge in [0, 0.05) is 17.8 Å². The minimum Gasteiger partial charge on any atom is -0.478 e. The predicted molar refractivity (Wildman–Crippen MR) is 75.1 cm³/mol. The maximum atomic E-state index is 12.1. The fourth-order valence-corrected chi connectivity index (χ4v) is 3.20. The van der Waals surface area contributed by atoms with E-state index in [-0.39, 0.29) is 23.3 Å². The van der Waals surface area contributed by atoms with E-state index >= 15 is 0 Å². The molecule has 1 aromatic heterocycles. The van der Waals surface area contributed by atoms with Crippen LogP contribution < -0.4 is 10.6 Å². The molecule has 0 bridgehead atoms. The fourth-order valence-electron chi connectivity index (χ4n) is 2.14. The maximum absolute atomic E-state index is 12.1. The maximum Gasteiger partial charge on any atom is 0.338 e. The lowest BCUT2D eigenvalue weighted by Gasteiger charge is -2.21. The van der Waals surface area contributed by atoms with Crippen molar-refractivity contribution in [3.8, 4) is 0 Å². The van der Waals surface area contributed by atoms with Gasteiger partial charge in [0.15, 0.2) is 0 Å². The van der Waals surface area contributed by atoms with Gasteiger partial charge in [-0.25, -0.2) is 4.79 Å². The van der Waals surface area contributed by atoms with E-state index < -0.39 is 5.97 Å². The second-order valence-electron chi connectivity index (χ2n) is 4.82. The minimum atomic E-state index is -1.04. The molecule has 1 unspecified atom stereocenters. The van der Waals surface area contributed by atoms with Crippen LogP contribution in [0.5, 0.6) is 0 Å². The standard InChI is InChI=1S/C13H16N2O4S/c1-6-7(2)20-12(10(6)13(18)19)15-11(17)8-3-4-9(16)14-5-8/h8H,3-5H2,1-2H3,(H,14,16)(H,15,17)(H,18,19).